The van der Waals surface area contributed by atoms with Crippen molar-refractivity contribution in [3.63, 3.8) is 0 Å². The van der Waals surface area contributed by atoms with Crippen molar-refractivity contribution in [2.75, 3.05) is 6.54 Å². The third-order valence-corrected chi connectivity index (χ3v) is 4.64. The minimum Gasteiger partial charge on any atom is -0.295 e. The molecule has 4 unspecified atom stereocenters. The van der Waals surface area contributed by atoms with Gasteiger partial charge < -0.3 is 0 Å². The van der Waals surface area contributed by atoms with Crippen LogP contribution in [0.15, 0.2) is 4.36 Å². The molecule has 1 aliphatic heterocycles. The zero-order valence-electron chi connectivity index (χ0n) is 10.4. The highest BCUT2D eigenvalue weighted by Crippen LogP contribution is 2.25. The Hall–Kier alpha value is -0.340. The third kappa shape index (κ3) is 3.83. The van der Waals surface area contributed by atoms with E-state index < -0.39 is 21.9 Å². The van der Waals surface area contributed by atoms with E-state index in [1.165, 1.54) is 0 Å². The van der Waals surface area contributed by atoms with Crippen LogP contribution in [0.2, 0.25) is 0 Å². The Morgan fingerprint density at radius 1 is 1.50 bits per heavy atom. The Balaban J connectivity index is 2.63. The first-order valence-electron chi connectivity index (χ1n) is 5.99. The predicted molar refractivity (Wildman–Crippen MR) is 62.7 cm³/mol. The fourth-order valence-electron chi connectivity index (χ4n) is 2.04. The fourth-order valence-corrected chi connectivity index (χ4v) is 2.75. The van der Waals surface area contributed by atoms with Gasteiger partial charge in [0.2, 0.25) is 0 Å². The second-order valence-corrected chi connectivity index (χ2v) is 6.31. The molecule has 18 heavy (non-hydrogen) atoms. The molecule has 1 rings (SSSR count). The first-order chi connectivity index (χ1) is 8.42. The summed E-state index contributed by atoms with van der Waals surface area (Å²) in [5.74, 6) is -2.48. The topological polar surface area (TPSA) is 50.7 Å². The maximum absolute atomic E-state index is 12.3. The second kappa shape index (κ2) is 6.72. The van der Waals surface area contributed by atoms with Crippen molar-refractivity contribution in [1.82, 2.24) is 5.32 Å². The number of hydrogen-bond acceptors (Lipinski definition) is 4. The van der Waals surface area contributed by atoms with Gasteiger partial charge in [0, 0.05) is 6.54 Å². The zero-order valence-corrected chi connectivity index (χ0v) is 11.3. The van der Waals surface area contributed by atoms with Gasteiger partial charge in [-0.25, -0.2) is 4.21 Å². The van der Waals surface area contributed by atoms with Gasteiger partial charge in [-0.3, -0.25) is 5.32 Å². The third-order valence-electron chi connectivity index (χ3n) is 3.46. The highest BCUT2D eigenvalue weighted by molar-refractivity contribution is 7.89. The maximum Gasteiger partial charge on any atom is 0.345 e. The van der Waals surface area contributed by atoms with E-state index in [0.29, 0.717) is 24.8 Å². The normalized spacial score (nSPS) is 29.9. The first-order valence-corrected chi connectivity index (χ1v) is 7.50. The summed E-state index contributed by atoms with van der Waals surface area (Å²) in [6, 6.07) is 0. The number of alkyl halides is 2. The van der Waals surface area contributed by atoms with E-state index in [-0.39, 0.29) is 0 Å². The molecule has 1 fully saturated rings. The van der Waals surface area contributed by atoms with Gasteiger partial charge >= 0.3 is 5.76 Å². The van der Waals surface area contributed by atoms with Gasteiger partial charge in [0.1, 0.15) is 6.17 Å². The smallest absolute Gasteiger partial charge is 0.295 e. The Kier molecular flexibility index (Phi) is 5.87. The molecule has 0 aromatic rings. The van der Waals surface area contributed by atoms with Gasteiger partial charge in [0.15, 0.2) is 0 Å². The summed E-state index contributed by atoms with van der Waals surface area (Å²) in [5, 5.41) is 2.90. The first kappa shape index (κ1) is 15.7. The van der Waals surface area contributed by atoms with Gasteiger partial charge in [-0.05, 0) is 29.2 Å². The summed E-state index contributed by atoms with van der Waals surface area (Å²) in [5.41, 5.74) is 0. The molecule has 0 spiro atoms. The van der Waals surface area contributed by atoms with Crippen LogP contribution in [0.4, 0.5) is 13.3 Å². The molecule has 1 saturated heterocycles. The summed E-state index contributed by atoms with van der Waals surface area (Å²) in [6.07, 6.45) is 1.56. The van der Waals surface area contributed by atoms with Crippen LogP contribution in [0.1, 0.15) is 33.1 Å². The molecule has 1 N–H and O–H groups in total. The highest BCUT2D eigenvalue weighted by Gasteiger charge is 2.29. The van der Waals surface area contributed by atoms with Crippen LogP contribution in [0.3, 0.4) is 0 Å². The summed E-state index contributed by atoms with van der Waals surface area (Å²) >= 11 is 0. The molecular weight excluding hydrogens is 269 g/mol. The van der Waals surface area contributed by atoms with Crippen molar-refractivity contribution < 1.29 is 21.9 Å². The second-order valence-electron chi connectivity index (χ2n) is 4.59. The molecule has 108 valence electrons. The van der Waals surface area contributed by atoms with Crippen molar-refractivity contribution in [3.8, 4) is 0 Å². The lowest BCUT2D eigenvalue weighted by molar-refractivity contribution is -0.00180. The largest absolute Gasteiger partial charge is 0.345 e. The van der Waals surface area contributed by atoms with Gasteiger partial charge in [0.25, 0.3) is 10.0 Å². The minimum atomic E-state index is -4.52. The quantitative estimate of drug-likeness (QED) is 0.846. The molecule has 4 atom stereocenters. The molecule has 0 saturated carbocycles. The van der Waals surface area contributed by atoms with Crippen molar-refractivity contribution >= 4 is 10.0 Å². The monoisotopic (exact) mass is 288 g/mol. The number of nitrogens with zero attached hydrogens (tertiary/aromatic N) is 1. The van der Waals surface area contributed by atoms with E-state index in [9.17, 15) is 17.5 Å². The average Bonchev–Trinajstić information content (AvgIpc) is 2.38. The molecule has 0 amide bonds. The molecule has 1 heterocycles. The Morgan fingerprint density at radius 2 is 2.17 bits per heavy atom. The highest BCUT2D eigenvalue weighted by atomic mass is 32.2. The van der Waals surface area contributed by atoms with Crippen LogP contribution < -0.4 is 5.32 Å². The van der Waals surface area contributed by atoms with Crippen LogP contribution in [-0.4, -0.2) is 22.7 Å². The van der Waals surface area contributed by atoms with Crippen LogP contribution in [-0.2, 0) is 14.4 Å². The predicted octanol–water partition coefficient (Wildman–Crippen LogP) is 2.86. The van der Waals surface area contributed by atoms with E-state index in [1.54, 1.807) is 0 Å². The lowest BCUT2D eigenvalue weighted by Crippen LogP contribution is -2.40. The number of rotatable bonds is 5. The molecule has 0 radical (unpaired) electrons. The van der Waals surface area contributed by atoms with Gasteiger partial charge in [0.05, 0.1) is 0 Å². The summed E-state index contributed by atoms with van der Waals surface area (Å²) < 4.78 is 54.0. The van der Waals surface area contributed by atoms with Gasteiger partial charge in [-0.15, -0.1) is 0 Å². The molecule has 0 bridgehead atoms. The summed E-state index contributed by atoms with van der Waals surface area (Å²) in [4.78, 5) is 0. The Bertz CT molecular complexity index is 364. The van der Waals surface area contributed by atoms with Gasteiger partial charge in [-0.2, -0.15) is 13.1 Å². The molecule has 1 aliphatic rings. The van der Waals surface area contributed by atoms with E-state index in [1.807, 2.05) is 0 Å². The van der Waals surface area contributed by atoms with E-state index >= 15 is 0 Å². The summed E-state index contributed by atoms with van der Waals surface area (Å²) in [7, 11) is -4.52. The lowest BCUT2D eigenvalue weighted by Gasteiger charge is -2.31. The zero-order chi connectivity index (χ0) is 13.8. The number of hydrogen-bond donors (Lipinski definition) is 1. The standard InChI is InChI=1S/C10H19F3N2O2S/c1-3-7(2)8-4-5-9(14-6-8)15-18(16,17-13)10(11)12/h7-10,14H,3-6H2,1-2H3. The minimum absolute atomic E-state index is 0.440. The van der Waals surface area contributed by atoms with Crippen LogP contribution in [0.5, 0.6) is 0 Å². The Labute approximate surface area is 106 Å². The van der Waals surface area contributed by atoms with Crippen LogP contribution in [0.25, 0.3) is 0 Å². The van der Waals surface area contributed by atoms with E-state index in [4.69, 9.17) is 0 Å². The molecule has 0 aromatic carbocycles. The van der Waals surface area contributed by atoms with Crippen molar-refractivity contribution in [1.29, 1.82) is 0 Å². The Morgan fingerprint density at radius 3 is 2.56 bits per heavy atom. The van der Waals surface area contributed by atoms with Crippen molar-refractivity contribution in [2.45, 2.75) is 45.0 Å². The molecule has 8 heteroatoms. The van der Waals surface area contributed by atoms with Crippen molar-refractivity contribution in [3.05, 3.63) is 0 Å². The molecule has 4 nitrogen and oxygen atoms in total. The lowest BCUT2D eigenvalue weighted by atomic mass is 9.85. The number of piperidine rings is 1. The molecule has 0 aromatic heterocycles. The van der Waals surface area contributed by atoms with E-state index in [2.05, 4.69) is 27.9 Å². The van der Waals surface area contributed by atoms with Gasteiger partial charge in [-0.1, -0.05) is 24.7 Å². The summed E-state index contributed by atoms with van der Waals surface area (Å²) in [6.45, 7) is 4.81. The fraction of sp³-hybridized carbons (Fsp3) is 1.00. The number of nitrogens with one attached hydrogen (secondary N) is 1. The van der Waals surface area contributed by atoms with E-state index in [0.717, 1.165) is 12.8 Å². The molecular formula is C10H19F3N2O2S. The molecule has 0 aliphatic carbocycles. The van der Waals surface area contributed by atoms with Crippen LogP contribution >= 0.6 is 0 Å². The SMILES string of the molecule is CCC(C)C1CCC(N=S(=O)(OF)C(F)F)NC1. The van der Waals surface area contributed by atoms with Crippen molar-refractivity contribution in [2.24, 2.45) is 16.2 Å². The van der Waals surface area contributed by atoms with Crippen LogP contribution in [0, 0.1) is 11.8 Å². The maximum atomic E-state index is 12.3. The number of halogens is 3. The average molecular weight is 288 g/mol.